The normalized spacial score (nSPS) is 12.0. The number of nitrogens with one attached hydrogen (secondary N) is 2. The molecule has 0 unspecified atom stereocenters. The Morgan fingerprint density at radius 3 is 2.59 bits per heavy atom. The highest BCUT2D eigenvalue weighted by Crippen LogP contribution is 2.38. The molecule has 0 spiro atoms. The molecule has 0 aliphatic rings. The zero-order chi connectivity index (χ0) is 27.3. The Morgan fingerprint density at radius 2 is 1.79 bits per heavy atom. The third-order valence-electron chi connectivity index (χ3n) is 7.11. The number of anilines is 1. The fourth-order valence-electron chi connectivity index (χ4n) is 5.21. The van der Waals surface area contributed by atoms with E-state index in [1.54, 1.807) is 12.1 Å². The van der Waals surface area contributed by atoms with Crippen molar-refractivity contribution in [3.63, 3.8) is 0 Å². The lowest BCUT2D eigenvalue weighted by atomic mass is 9.92. The summed E-state index contributed by atoms with van der Waals surface area (Å²) < 4.78 is 16.1. The summed E-state index contributed by atoms with van der Waals surface area (Å²) in [6, 6.07) is 24.6. The van der Waals surface area contributed by atoms with E-state index in [4.69, 9.17) is 10.7 Å². The van der Waals surface area contributed by atoms with Crippen LogP contribution in [0.2, 0.25) is 0 Å². The maximum Gasteiger partial charge on any atom is 0.250 e. The molecule has 0 aliphatic heterocycles. The molecule has 4 N–H and O–H groups in total. The Balaban J connectivity index is 1.55. The Kier molecular flexibility index (Phi) is 5.87. The number of carbonyl (C=O) groups excluding carboxylic acids is 1. The Bertz CT molecular complexity index is 1880. The Labute approximate surface area is 225 Å². The van der Waals surface area contributed by atoms with Crippen LogP contribution in [0.25, 0.3) is 49.9 Å². The number of aromatic amines is 1. The van der Waals surface area contributed by atoms with Gasteiger partial charge in [-0.1, -0.05) is 51.1 Å². The second kappa shape index (κ2) is 9.27. The van der Waals surface area contributed by atoms with Gasteiger partial charge in [0.05, 0.1) is 27.6 Å². The lowest BCUT2D eigenvalue weighted by molar-refractivity contribution is 0.100. The van der Waals surface area contributed by atoms with Gasteiger partial charge < -0.3 is 20.6 Å². The molecule has 4 aromatic carbocycles. The topological polar surface area (TPSA) is 88.7 Å². The first-order chi connectivity index (χ1) is 18.7. The highest BCUT2D eigenvalue weighted by Gasteiger charge is 2.19. The van der Waals surface area contributed by atoms with Crippen molar-refractivity contribution in [2.45, 2.75) is 27.2 Å². The molecular formula is C32H30FN5O. The van der Waals surface area contributed by atoms with E-state index in [1.165, 1.54) is 12.1 Å². The van der Waals surface area contributed by atoms with Gasteiger partial charge in [0.2, 0.25) is 0 Å². The first-order valence-electron chi connectivity index (χ1n) is 13.1. The van der Waals surface area contributed by atoms with E-state index in [0.29, 0.717) is 28.1 Å². The molecule has 196 valence electrons. The number of nitrogens with two attached hydrogens (primary N) is 1. The van der Waals surface area contributed by atoms with E-state index in [1.807, 2.05) is 36.4 Å². The third-order valence-corrected chi connectivity index (χ3v) is 7.11. The standard InChI is InChI=1S/C32H30FN5O/c1-32(2,3)15-16-35-25-18-20(12-13-21(25)30(34)39)38-27-9-5-4-7-22(27)29-23(8-6-10-28(29)38)31-36-24-14-11-19(33)17-26(24)37-31/h4-14,17-18,35H,15-16H2,1-3H3,(H2,34,39)(H,36,37). The zero-order valence-electron chi connectivity index (χ0n) is 22.2. The number of carbonyl (C=O) groups is 1. The lowest BCUT2D eigenvalue weighted by Gasteiger charge is -2.20. The van der Waals surface area contributed by atoms with Crippen LogP contribution >= 0.6 is 0 Å². The van der Waals surface area contributed by atoms with Gasteiger partial charge >= 0.3 is 0 Å². The van der Waals surface area contributed by atoms with Crippen LogP contribution in [-0.2, 0) is 0 Å². The average Bonchev–Trinajstić information content (AvgIpc) is 3.46. The number of nitrogens with zero attached hydrogens (tertiary/aromatic N) is 2. The number of hydrogen-bond acceptors (Lipinski definition) is 3. The second-order valence-corrected chi connectivity index (χ2v) is 11.1. The van der Waals surface area contributed by atoms with E-state index in [-0.39, 0.29) is 11.2 Å². The molecule has 0 atom stereocenters. The smallest absolute Gasteiger partial charge is 0.250 e. The summed E-state index contributed by atoms with van der Waals surface area (Å²) in [7, 11) is 0. The molecule has 2 heterocycles. The van der Waals surface area contributed by atoms with E-state index in [0.717, 1.165) is 46.0 Å². The number of imidazole rings is 1. The van der Waals surface area contributed by atoms with Crippen molar-refractivity contribution in [3.8, 4) is 17.1 Å². The number of primary amides is 1. The molecule has 1 amide bonds. The largest absolute Gasteiger partial charge is 0.384 e. The van der Waals surface area contributed by atoms with Crippen molar-refractivity contribution in [2.24, 2.45) is 11.1 Å². The highest BCUT2D eigenvalue weighted by atomic mass is 19.1. The number of rotatable bonds is 6. The van der Waals surface area contributed by atoms with Gasteiger partial charge in [0.25, 0.3) is 5.91 Å². The van der Waals surface area contributed by atoms with Crippen molar-refractivity contribution in [1.82, 2.24) is 14.5 Å². The van der Waals surface area contributed by atoms with Gasteiger partial charge in [-0.05, 0) is 60.4 Å². The Morgan fingerprint density at radius 1 is 1.00 bits per heavy atom. The van der Waals surface area contributed by atoms with Crippen LogP contribution in [0.5, 0.6) is 0 Å². The van der Waals surface area contributed by atoms with Gasteiger partial charge in [-0.25, -0.2) is 9.37 Å². The summed E-state index contributed by atoms with van der Waals surface area (Å²) in [6.45, 7) is 7.29. The van der Waals surface area contributed by atoms with Crippen molar-refractivity contribution in [3.05, 3.63) is 90.2 Å². The van der Waals surface area contributed by atoms with Gasteiger partial charge in [0.15, 0.2) is 0 Å². The average molecular weight is 520 g/mol. The fourth-order valence-corrected chi connectivity index (χ4v) is 5.21. The van der Waals surface area contributed by atoms with Crippen LogP contribution in [0.3, 0.4) is 0 Å². The molecule has 39 heavy (non-hydrogen) atoms. The number of hydrogen-bond donors (Lipinski definition) is 3. The van der Waals surface area contributed by atoms with Crippen molar-refractivity contribution in [2.75, 3.05) is 11.9 Å². The van der Waals surface area contributed by atoms with Crippen LogP contribution in [0, 0.1) is 11.2 Å². The maximum absolute atomic E-state index is 13.9. The molecule has 0 bridgehead atoms. The van der Waals surface area contributed by atoms with Crippen LogP contribution < -0.4 is 11.1 Å². The minimum Gasteiger partial charge on any atom is -0.384 e. The SMILES string of the molecule is CC(C)(C)CCNc1cc(-n2c3ccccc3c3c(-c4nc5ccc(F)cc5[nH]4)cccc32)ccc1C(N)=O. The lowest BCUT2D eigenvalue weighted by Crippen LogP contribution is -2.17. The molecular weight excluding hydrogens is 489 g/mol. The first kappa shape index (κ1) is 24.7. The predicted octanol–water partition coefficient (Wildman–Crippen LogP) is 7.41. The maximum atomic E-state index is 13.9. The number of amides is 1. The second-order valence-electron chi connectivity index (χ2n) is 11.1. The molecule has 2 aromatic heterocycles. The van der Waals surface area contributed by atoms with Gasteiger partial charge in [-0.3, -0.25) is 4.79 Å². The molecule has 0 radical (unpaired) electrons. The number of benzene rings is 4. The molecule has 6 nitrogen and oxygen atoms in total. The van der Waals surface area contributed by atoms with E-state index in [2.05, 4.69) is 53.8 Å². The fraction of sp³-hybridized carbons (Fsp3) is 0.188. The van der Waals surface area contributed by atoms with Crippen molar-refractivity contribution >= 4 is 44.4 Å². The highest BCUT2D eigenvalue weighted by molar-refractivity contribution is 6.15. The van der Waals surface area contributed by atoms with Gasteiger partial charge in [-0.15, -0.1) is 0 Å². The number of fused-ring (bicyclic) bond motifs is 4. The van der Waals surface area contributed by atoms with E-state index >= 15 is 0 Å². The molecule has 0 saturated carbocycles. The number of H-pyrrole nitrogens is 1. The molecule has 0 saturated heterocycles. The third kappa shape index (κ3) is 4.50. The van der Waals surface area contributed by atoms with Gasteiger partial charge in [0.1, 0.15) is 11.6 Å². The number of halogens is 1. The van der Waals surface area contributed by atoms with Crippen molar-refractivity contribution in [1.29, 1.82) is 0 Å². The monoisotopic (exact) mass is 519 g/mol. The minimum absolute atomic E-state index is 0.156. The first-order valence-corrected chi connectivity index (χ1v) is 13.1. The molecule has 0 aliphatic carbocycles. The van der Waals surface area contributed by atoms with E-state index < -0.39 is 5.91 Å². The predicted molar refractivity (Wildman–Crippen MR) is 157 cm³/mol. The summed E-state index contributed by atoms with van der Waals surface area (Å²) in [5.41, 5.74) is 12.3. The van der Waals surface area contributed by atoms with E-state index in [9.17, 15) is 9.18 Å². The number of aromatic nitrogens is 3. The summed E-state index contributed by atoms with van der Waals surface area (Å²) in [5.74, 6) is -0.0952. The summed E-state index contributed by atoms with van der Waals surface area (Å²) in [4.78, 5) is 20.3. The van der Waals surface area contributed by atoms with Gasteiger partial charge in [0, 0.05) is 34.3 Å². The van der Waals surface area contributed by atoms with Crippen LogP contribution in [0.15, 0.2) is 78.9 Å². The zero-order valence-corrected chi connectivity index (χ0v) is 22.2. The summed E-state index contributed by atoms with van der Waals surface area (Å²) in [5, 5.41) is 5.55. The van der Waals surface area contributed by atoms with Crippen LogP contribution in [0.1, 0.15) is 37.6 Å². The summed E-state index contributed by atoms with van der Waals surface area (Å²) >= 11 is 0. The van der Waals surface area contributed by atoms with Crippen molar-refractivity contribution < 1.29 is 9.18 Å². The molecule has 7 heteroatoms. The molecule has 0 fully saturated rings. The van der Waals surface area contributed by atoms with Gasteiger partial charge in [-0.2, -0.15) is 0 Å². The van der Waals surface area contributed by atoms with Crippen LogP contribution in [-0.4, -0.2) is 27.0 Å². The molecule has 6 aromatic rings. The number of para-hydroxylation sites is 1. The molecule has 6 rings (SSSR count). The Hall–Kier alpha value is -4.65. The summed E-state index contributed by atoms with van der Waals surface area (Å²) in [6.07, 6.45) is 0.940. The minimum atomic E-state index is -0.467. The van der Waals surface area contributed by atoms with Crippen LogP contribution in [0.4, 0.5) is 10.1 Å². The quantitative estimate of drug-likeness (QED) is 0.214.